The van der Waals surface area contributed by atoms with Gasteiger partial charge in [0.2, 0.25) is 5.91 Å². The summed E-state index contributed by atoms with van der Waals surface area (Å²) in [5, 5.41) is 3.33. The molecule has 3 aromatic rings. The zero-order valence-corrected chi connectivity index (χ0v) is 15.0. The van der Waals surface area contributed by atoms with E-state index in [1.54, 1.807) is 24.3 Å². The van der Waals surface area contributed by atoms with E-state index in [1.165, 1.54) is 10.9 Å². The summed E-state index contributed by atoms with van der Waals surface area (Å²) >= 11 is 0. The number of aryl methyl sites for hydroxylation is 1. The summed E-state index contributed by atoms with van der Waals surface area (Å²) in [6.07, 6.45) is 1.48. The minimum atomic E-state index is -0.287. The van der Waals surface area contributed by atoms with E-state index in [-0.39, 0.29) is 24.1 Å². The van der Waals surface area contributed by atoms with E-state index in [9.17, 15) is 9.59 Å². The topological polar surface area (TPSA) is 73.2 Å². The quantitative estimate of drug-likeness (QED) is 0.766. The number of carbonyl (C=O) groups excluding carboxylic acids is 1. The Bertz CT molecular complexity index is 1010. The molecule has 0 aliphatic heterocycles. The molecular weight excluding hydrogens is 330 g/mol. The molecule has 0 fully saturated rings. The molecule has 0 spiro atoms. The fourth-order valence-corrected chi connectivity index (χ4v) is 2.69. The number of aromatic nitrogens is 2. The van der Waals surface area contributed by atoms with Gasteiger partial charge in [-0.15, -0.1) is 0 Å². The number of anilines is 1. The number of nitrogens with zero attached hydrogens (tertiary/aromatic N) is 2. The number of para-hydroxylation sites is 1. The summed E-state index contributed by atoms with van der Waals surface area (Å²) in [5.74, 6) is 0.468. The second-order valence-electron chi connectivity index (χ2n) is 6.39. The van der Waals surface area contributed by atoms with Crippen LogP contribution in [0.25, 0.3) is 10.9 Å². The smallest absolute Gasteiger partial charge is 0.261 e. The molecule has 0 bridgehead atoms. The molecule has 0 saturated heterocycles. The van der Waals surface area contributed by atoms with E-state index in [0.29, 0.717) is 16.6 Å². The van der Waals surface area contributed by atoms with Crippen molar-refractivity contribution in [3.05, 3.63) is 64.7 Å². The Morgan fingerprint density at radius 3 is 2.73 bits per heavy atom. The first-order valence-corrected chi connectivity index (χ1v) is 8.45. The molecule has 0 aliphatic carbocycles. The highest BCUT2D eigenvalue weighted by atomic mass is 16.5. The van der Waals surface area contributed by atoms with Gasteiger partial charge in [-0.3, -0.25) is 14.2 Å². The Morgan fingerprint density at radius 1 is 1.23 bits per heavy atom. The summed E-state index contributed by atoms with van der Waals surface area (Å²) in [4.78, 5) is 29.0. The lowest BCUT2D eigenvalue weighted by atomic mass is 10.2. The number of hydrogen-bond acceptors (Lipinski definition) is 4. The van der Waals surface area contributed by atoms with Gasteiger partial charge in [-0.05, 0) is 56.7 Å². The van der Waals surface area contributed by atoms with Crippen LogP contribution in [-0.4, -0.2) is 21.6 Å². The monoisotopic (exact) mass is 351 g/mol. The van der Waals surface area contributed by atoms with E-state index in [0.717, 1.165) is 11.3 Å². The molecular formula is C20H21N3O3. The predicted molar refractivity (Wildman–Crippen MR) is 102 cm³/mol. The van der Waals surface area contributed by atoms with Crippen LogP contribution in [0.15, 0.2) is 53.6 Å². The van der Waals surface area contributed by atoms with Crippen molar-refractivity contribution in [2.45, 2.75) is 33.4 Å². The number of carbonyl (C=O) groups is 1. The minimum Gasteiger partial charge on any atom is -0.491 e. The summed E-state index contributed by atoms with van der Waals surface area (Å²) in [6, 6.07) is 12.6. The SMILES string of the molecule is Cc1cc(OC(C)C)ccc1NC(=O)Cn1cnc2ccccc2c1=O. The number of hydrogen-bond donors (Lipinski definition) is 1. The first-order valence-electron chi connectivity index (χ1n) is 8.45. The fraction of sp³-hybridized carbons (Fsp3) is 0.250. The molecule has 1 N–H and O–H groups in total. The molecule has 6 heteroatoms. The van der Waals surface area contributed by atoms with Gasteiger partial charge in [0.05, 0.1) is 23.3 Å². The molecule has 6 nitrogen and oxygen atoms in total. The van der Waals surface area contributed by atoms with Crippen LogP contribution in [0.2, 0.25) is 0 Å². The van der Waals surface area contributed by atoms with Crippen molar-refractivity contribution in [3.8, 4) is 5.75 Å². The highest BCUT2D eigenvalue weighted by Crippen LogP contribution is 2.22. The van der Waals surface area contributed by atoms with Crippen LogP contribution in [0.1, 0.15) is 19.4 Å². The largest absolute Gasteiger partial charge is 0.491 e. The van der Waals surface area contributed by atoms with Crippen molar-refractivity contribution in [1.82, 2.24) is 9.55 Å². The van der Waals surface area contributed by atoms with Gasteiger partial charge < -0.3 is 10.1 Å². The third kappa shape index (κ3) is 3.91. The summed E-state index contributed by atoms with van der Waals surface area (Å²) in [7, 11) is 0. The zero-order valence-electron chi connectivity index (χ0n) is 15.0. The molecule has 0 atom stereocenters. The van der Waals surface area contributed by atoms with Gasteiger partial charge >= 0.3 is 0 Å². The molecule has 0 saturated carbocycles. The van der Waals surface area contributed by atoms with Crippen LogP contribution in [0.3, 0.4) is 0 Å². The number of rotatable bonds is 5. The Labute approximate surface area is 151 Å². The van der Waals surface area contributed by atoms with E-state index < -0.39 is 0 Å². The number of nitrogens with one attached hydrogen (secondary N) is 1. The average molecular weight is 351 g/mol. The second-order valence-corrected chi connectivity index (χ2v) is 6.39. The molecule has 26 heavy (non-hydrogen) atoms. The Kier molecular flexibility index (Phi) is 5.02. The Morgan fingerprint density at radius 2 is 2.00 bits per heavy atom. The van der Waals surface area contributed by atoms with Gasteiger partial charge in [0.15, 0.2) is 0 Å². The average Bonchev–Trinajstić information content (AvgIpc) is 2.59. The number of benzene rings is 2. The van der Waals surface area contributed by atoms with Crippen LogP contribution in [0.4, 0.5) is 5.69 Å². The molecule has 1 amide bonds. The van der Waals surface area contributed by atoms with Gasteiger partial charge in [-0.1, -0.05) is 12.1 Å². The molecule has 1 aromatic heterocycles. The minimum absolute atomic E-state index is 0.0853. The number of fused-ring (bicyclic) bond motifs is 1. The summed E-state index contributed by atoms with van der Waals surface area (Å²) in [6.45, 7) is 5.72. The van der Waals surface area contributed by atoms with Crippen molar-refractivity contribution in [1.29, 1.82) is 0 Å². The van der Waals surface area contributed by atoms with Gasteiger partial charge in [0.25, 0.3) is 5.56 Å². The summed E-state index contributed by atoms with van der Waals surface area (Å²) < 4.78 is 6.95. The molecule has 1 heterocycles. The number of amides is 1. The van der Waals surface area contributed by atoms with Crippen LogP contribution in [0, 0.1) is 6.92 Å². The molecule has 0 unspecified atom stereocenters. The van der Waals surface area contributed by atoms with Crippen molar-refractivity contribution in [3.63, 3.8) is 0 Å². The maximum atomic E-state index is 12.5. The van der Waals surface area contributed by atoms with Crippen molar-refractivity contribution in [2.24, 2.45) is 0 Å². The Balaban J connectivity index is 1.75. The molecule has 0 aliphatic rings. The van der Waals surface area contributed by atoms with Gasteiger partial charge in [0.1, 0.15) is 12.3 Å². The van der Waals surface area contributed by atoms with Crippen molar-refractivity contribution >= 4 is 22.5 Å². The van der Waals surface area contributed by atoms with E-state index in [1.807, 2.05) is 39.0 Å². The first kappa shape index (κ1) is 17.7. The normalized spacial score (nSPS) is 10.9. The third-order valence-electron chi connectivity index (χ3n) is 3.89. The zero-order chi connectivity index (χ0) is 18.7. The highest BCUT2D eigenvalue weighted by molar-refractivity contribution is 5.91. The molecule has 134 valence electrons. The van der Waals surface area contributed by atoms with Crippen LogP contribution >= 0.6 is 0 Å². The Hall–Kier alpha value is -3.15. The number of ether oxygens (including phenoxy) is 1. The molecule has 2 aromatic carbocycles. The lowest BCUT2D eigenvalue weighted by Crippen LogP contribution is -2.28. The van der Waals surface area contributed by atoms with Crippen LogP contribution in [0.5, 0.6) is 5.75 Å². The summed E-state index contributed by atoms with van der Waals surface area (Å²) in [5.41, 5.74) is 1.96. The highest BCUT2D eigenvalue weighted by Gasteiger charge is 2.10. The van der Waals surface area contributed by atoms with Crippen molar-refractivity contribution in [2.75, 3.05) is 5.32 Å². The lowest BCUT2D eigenvalue weighted by Gasteiger charge is -2.13. The second kappa shape index (κ2) is 7.39. The van der Waals surface area contributed by atoms with Gasteiger partial charge in [-0.2, -0.15) is 0 Å². The third-order valence-corrected chi connectivity index (χ3v) is 3.89. The van der Waals surface area contributed by atoms with Crippen LogP contribution < -0.4 is 15.6 Å². The standard InChI is InChI=1S/C20H21N3O3/c1-13(2)26-15-8-9-17(14(3)10-15)22-19(24)11-23-12-21-18-7-5-4-6-16(18)20(23)25/h4-10,12-13H,11H2,1-3H3,(H,22,24). The van der Waals surface area contributed by atoms with E-state index in [2.05, 4.69) is 10.3 Å². The lowest BCUT2D eigenvalue weighted by molar-refractivity contribution is -0.116. The van der Waals surface area contributed by atoms with Crippen LogP contribution in [-0.2, 0) is 11.3 Å². The molecule has 3 rings (SSSR count). The maximum absolute atomic E-state index is 12.5. The van der Waals surface area contributed by atoms with Gasteiger partial charge in [0, 0.05) is 5.69 Å². The fourth-order valence-electron chi connectivity index (χ4n) is 2.69. The first-order chi connectivity index (χ1) is 12.4. The molecule has 0 radical (unpaired) electrons. The van der Waals surface area contributed by atoms with Crippen molar-refractivity contribution < 1.29 is 9.53 Å². The van der Waals surface area contributed by atoms with E-state index in [4.69, 9.17) is 4.74 Å². The van der Waals surface area contributed by atoms with Gasteiger partial charge in [-0.25, -0.2) is 4.98 Å². The maximum Gasteiger partial charge on any atom is 0.261 e. The predicted octanol–water partition coefficient (Wildman–Crippen LogP) is 3.13. The van der Waals surface area contributed by atoms with E-state index >= 15 is 0 Å².